The first kappa shape index (κ1) is 15.5. The molecule has 0 aliphatic heterocycles. The highest BCUT2D eigenvalue weighted by Gasteiger charge is 2.10. The molecule has 0 radical (unpaired) electrons. The zero-order chi connectivity index (χ0) is 14.8. The summed E-state index contributed by atoms with van der Waals surface area (Å²) in [4.78, 5) is 33.5. The number of amides is 3. The summed E-state index contributed by atoms with van der Waals surface area (Å²) in [6, 6.07) is 8.09. The zero-order valence-electron chi connectivity index (χ0n) is 11.0. The van der Waals surface area contributed by atoms with Crippen LogP contribution in [0.2, 0.25) is 0 Å². The molecule has 0 atom stereocenters. The number of carbonyl (C=O) groups excluding carboxylic acids is 3. The van der Waals surface area contributed by atoms with E-state index in [1.54, 1.807) is 31.2 Å². The normalized spacial score (nSPS) is 9.45. The van der Waals surface area contributed by atoms with E-state index in [2.05, 4.69) is 10.1 Å². The lowest BCUT2D eigenvalue weighted by Crippen LogP contribution is -2.41. The van der Waals surface area contributed by atoms with Gasteiger partial charge in [0.1, 0.15) is 5.75 Å². The number of benzene rings is 1. The number of urea groups is 1. The van der Waals surface area contributed by atoms with Crippen molar-refractivity contribution in [2.75, 3.05) is 19.8 Å². The van der Waals surface area contributed by atoms with Gasteiger partial charge in [0.25, 0.3) is 5.91 Å². The van der Waals surface area contributed by atoms with Crippen LogP contribution >= 0.6 is 0 Å². The third-order valence-corrected chi connectivity index (χ3v) is 2.05. The van der Waals surface area contributed by atoms with Gasteiger partial charge in [-0.2, -0.15) is 0 Å². The molecule has 0 heterocycles. The number of imide groups is 1. The number of esters is 1. The highest BCUT2D eigenvalue weighted by molar-refractivity contribution is 5.95. The summed E-state index contributed by atoms with van der Waals surface area (Å²) in [5.74, 6) is -0.875. The van der Waals surface area contributed by atoms with Gasteiger partial charge in [-0.1, -0.05) is 18.2 Å². The number of para-hydroxylation sites is 1. The Kier molecular flexibility index (Phi) is 6.60. The molecule has 0 aliphatic rings. The van der Waals surface area contributed by atoms with Crippen LogP contribution in [0.1, 0.15) is 6.92 Å². The molecule has 1 rings (SSSR count). The predicted octanol–water partition coefficient (Wildman–Crippen LogP) is 0.454. The molecular weight excluding hydrogens is 264 g/mol. The summed E-state index contributed by atoms with van der Waals surface area (Å²) in [6.45, 7) is 1.27. The lowest BCUT2D eigenvalue weighted by Gasteiger charge is -2.07. The van der Waals surface area contributed by atoms with Crippen LogP contribution in [-0.4, -0.2) is 37.7 Å². The number of rotatable bonds is 6. The van der Waals surface area contributed by atoms with Gasteiger partial charge in [-0.15, -0.1) is 0 Å². The number of hydrogen-bond acceptors (Lipinski definition) is 5. The topological polar surface area (TPSA) is 93.7 Å². The van der Waals surface area contributed by atoms with Crippen LogP contribution in [-0.2, 0) is 14.3 Å². The lowest BCUT2D eigenvalue weighted by molar-refractivity contribution is -0.150. The third-order valence-electron chi connectivity index (χ3n) is 2.05. The molecular formula is C13H16N2O5. The van der Waals surface area contributed by atoms with E-state index in [4.69, 9.17) is 4.74 Å². The Balaban J connectivity index is 2.19. The van der Waals surface area contributed by atoms with Gasteiger partial charge in [-0.05, 0) is 19.1 Å². The van der Waals surface area contributed by atoms with Crippen LogP contribution in [0.5, 0.6) is 5.75 Å². The van der Waals surface area contributed by atoms with E-state index in [0.717, 1.165) is 0 Å². The van der Waals surface area contributed by atoms with Gasteiger partial charge in [0.05, 0.1) is 0 Å². The van der Waals surface area contributed by atoms with E-state index >= 15 is 0 Å². The molecule has 1 aromatic rings. The Hall–Kier alpha value is -2.57. The fourth-order valence-electron chi connectivity index (χ4n) is 1.21. The van der Waals surface area contributed by atoms with Gasteiger partial charge in [0.2, 0.25) is 0 Å². The molecule has 7 nitrogen and oxygen atoms in total. The van der Waals surface area contributed by atoms with E-state index in [9.17, 15) is 14.4 Å². The summed E-state index contributed by atoms with van der Waals surface area (Å²) in [6.07, 6.45) is 0. The molecule has 0 unspecified atom stereocenters. The fourth-order valence-corrected chi connectivity index (χ4v) is 1.21. The second-order valence-corrected chi connectivity index (χ2v) is 3.67. The standard InChI is InChI=1S/C13H16N2O5/c1-2-14-13(18)15-11(16)8-20-12(17)9-19-10-6-4-3-5-7-10/h3-7H,2,8-9H2,1H3,(H2,14,15,16,18). The largest absolute Gasteiger partial charge is 0.482 e. The first-order valence-electron chi connectivity index (χ1n) is 6.03. The van der Waals surface area contributed by atoms with Crippen molar-refractivity contribution in [3.8, 4) is 5.75 Å². The number of carbonyl (C=O) groups is 3. The minimum Gasteiger partial charge on any atom is -0.482 e. The van der Waals surface area contributed by atoms with Gasteiger partial charge >= 0.3 is 12.0 Å². The maximum atomic E-state index is 11.3. The van der Waals surface area contributed by atoms with Crippen molar-refractivity contribution in [1.29, 1.82) is 0 Å². The van der Waals surface area contributed by atoms with Crippen LogP contribution in [0.15, 0.2) is 30.3 Å². The van der Waals surface area contributed by atoms with Crippen molar-refractivity contribution in [3.05, 3.63) is 30.3 Å². The van der Waals surface area contributed by atoms with Gasteiger partial charge in [-0.25, -0.2) is 9.59 Å². The Morgan fingerprint density at radius 1 is 1.10 bits per heavy atom. The summed E-state index contributed by atoms with van der Waals surface area (Å²) in [5, 5.41) is 4.38. The van der Waals surface area contributed by atoms with Crippen LogP contribution < -0.4 is 15.4 Å². The molecule has 0 bridgehead atoms. The smallest absolute Gasteiger partial charge is 0.344 e. The zero-order valence-corrected chi connectivity index (χ0v) is 11.0. The Morgan fingerprint density at radius 2 is 1.80 bits per heavy atom. The van der Waals surface area contributed by atoms with E-state index in [1.807, 2.05) is 11.4 Å². The van der Waals surface area contributed by atoms with Crippen LogP contribution in [0.3, 0.4) is 0 Å². The number of ether oxygens (including phenoxy) is 2. The van der Waals surface area contributed by atoms with Crippen LogP contribution in [0, 0.1) is 0 Å². The van der Waals surface area contributed by atoms with Crippen molar-refractivity contribution in [3.63, 3.8) is 0 Å². The average molecular weight is 280 g/mol. The van der Waals surface area contributed by atoms with E-state index in [0.29, 0.717) is 12.3 Å². The van der Waals surface area contributed by atoms with Crippen molar-refractivity contribution in [2.45, 2.75) is 6.92 Å². The molecule has 0 saturated heterocycles. The maximum Gasteiger partial charge on any atom is 0.344 e. The van der Waals surface area contributed by atoms with Gasteiger partial charge in [0.15, 0.2) is 13.2 Å². The lowest BCUT2D eigenvalue weighted by atomic mass is 10.3. The minimum atomic E-state index is -0.705. The second kappa shape index (κ2) is 8.52. The van der Waals surface area contributed by atoms with Crippen LogP contribution in [0.4, 0.5) is 4.79 Å². The Labute approximate surface area is 116 Å². The Bertz CT molecular complexity index is 461. The summed E-state index contributed by atoms with van der Waals surface area (Å²) in [7, 11) is 0. The maximum absolute atomic E-state index is 11.3. The molecule has 0 aromatic heterocycles. The van der Waals surface area contributed by atoms with Crippen molar-refractivity contribution >= 4 is 17.9 Å². The van der Waals surface area contributed by atoms with Gasteiger partial charge in [-0.3, -0.25) is 10.1 Å². The fraction of sp³-hybridized carbons (Fsp3) is 0.308. The molecule has 108 valence electrons. The van der Waals surface area contributed by atoms with Crippen LogP contribution in [0.25, 0.3) is 0 Å². The first-order chi connectivity index (χ1) is 9.61. The van der Waals surface area contributed by atoms with Gasteiger partial charge in [0, 0.05) is 6.54 Å². The molecule has 1 aromatic carbocycles. The molecule has 3 amide bonds. The molecule has 2 N–H and O–H groups in total. The van der Waals surface area contributed by atoms with Crippen molar-refractivity contribution in [2.24, 2.45) is 0 Å². The highest BCUT2D eigenvalue weighted by atomic mass is 16.6. The number of hydrogen-bond donors (Lipinski definition) is 2. The van der Waals surface area contributed by atoms with E-state index in [-0.39, 0.29) is 6.61 Å². The number of nitrogens with one attached hydrogen (secondary N) is 2. The monoisotopic (exact) mass is 280 g/mol. The van der Waals surface area contributed by atoms with E-state index < -0.39 is 24.5 Å². The molecule has 7 heteroatoms. The summed E-state index contributed by atoms with van der Waals surface area (Å²) >= 11 is 0. The highest BCUT2D eigenvalue weighted by Crippen LogP contribution is 2.07. The Morgan fingerprint density at radius 3 is 2.45 bits per heavy atom. The predicted molar refractivity (Wildman–Crippen MR) is 70.1 cm³/mol. The molecule has 0 fully saturated rings. The van der Waals surface area contributed by atoms with E-state index in [1.165, 1.54) is 0 Å². The first-order valence-corrected chi connectivity index (χ1v) is 6.03. The van der Waals surface area contributed by atoms with Crippen molar-refractivity contribution in [1.82, 2.24) is 10.6 Å². The summed E-state index contributed by atoms with van der Waals surface area (Å²) < 4.78 is 9.78. The average Bonchev–Trinajstić information content (AvgIpc) is 2.44. The quantitative estimate of drug-likeness (QED) is 0.738. The van der Waals surface area contributed by atoms with Gasteiger partial charge < -0.3 is 14.8 Å². The third kappa shape index (κ3) is 6.39. The molecule has 0 saturated carbocycles. The second-order valence-electron chi connectivity index (χ2n) is 3.67. The SMILES string of the molecule is CCNC(=O)NC(=O)COC(=O)COc1ccccc1. The van der Waals surface area contributed by atoms with Crippen molar-refractivity contribution < 1.29 is 23.9 Å². The minimum absolute atomic E-state index is 0.307. The molecule has 20 heavy (non-hydrogen) atoms. The summed E-state index contributed by atoms with van der Waals surface area (Å²) in [5.41, 5.74) is 0. The molecule has 0 aliphatic carbocycles. The molecule has 0 spiro atoms.